The molecule has 114 valence electrons. The van der Waals surface area contributed by atoms with E-state index in [0.29, 0.717) is 21.7 Å². The van der Waals surface area contributed by atoms with E-state index in [-0.39, 0.29) is 5.63 Å². The summed E-state index contributed by atoms with van der Waals surface area (Å²) in [5.74, 6) is 0. The van der Waals surface area contributed by atoms with E-state index in [4.69, 9.17) is 16.0 Å². The quantitative estimate of drug-likeness (QED) is 0.487. The van der Waals surface area contributed by atoms with E-state index in [1.54, 1.807) is 22.9 Å². The summed E-state index contributed by atoms with van der Waals surface area (Å²) in [5, 5.41) is 6.42. The molecular weight excluding hydrogens is 312 g/mol. The van der Waals surface area contributed by atoms with Crippen LogP contribution in [-0.2, 0) is 0 Å². The Hall–Kier alpha value is -2.59. The number of hydrogen-bond donors (Lipinski definition) is 0. The topological polar surface area (TPSA) is 48.0 Å². The van der Waals surface area contributed by atoms with Crippen LogP contribution < -0.4 is 5.63 Å². The fraction of sp³-hybridized carbons (Fsp3) is 0.111. The highest BCUT2D eigenvalue weighted by Crippen LogP contribution is 2.29. The van der Waals surface area contributed by atoms with Crippen LogP contribution in [0.3, 0.4) is 0 Å². The lowest BCUT2D eigenvalue weighted by molar-refractivity contribution is 0.569. The van der Waals surface area contributed by atoms with Gasteiger partial charge in [0.05, 0.1) is 16.9 Å². The van der Waals surface area contributed by atoms with Crippen LogP contribution in [0, 0.1) is 13.8 Å². The Kier molecular flexibility index (Phi) is 3.03. The van der Waals surface area contributed by atoms with Crippen LogP contribution in [0.4, 0.5) is 0 Å². The molecule has 0 bridgehead atoms. The smallest absolute Gasteiger partial charge is 0.347 e. The molecule has 0 N–H and O–H groups in total. The van der Waals surface area contributed by atoms with Crippen molar-refractivity contribution in [3.63, 3.8) is 0 Å². The molecule has 23 heavy (non-hydrogen) atoms. The summed E-state index contributed by atoms with van der Waals surface area (Å²) < 4.78 is 7.22. The Morgan fingerprint density at radius 2 is 1.91 bits per heavy atom. The molecule has 0 aliphatic heterocycles. The fourth-order valence-corrected chi connectivity index (χ4v) is 3.10. The summed E-state index contributed by atoms with van der Waals surface area (Å²) in [6, 6.07) is 13.1. The number of aromatic nitrogens is 2. The van der Waals surface area contributed by atoms with Crippen molar-refractivity contribution >= 4 is 33.5 Å². The van der Waals surface area contributed by atoms with E-state index in [1.165, 1.54) is 0 Å². The summed E-state index contributed by atoms with van der Waals surface area (Å²) in [6.45, 7) is 3.82. The molecule has 0 aliphatic rings. The van der Waals surface area contributed by atoms with Gasteiger partial charge in [0.15, 0.2) is 0 Å². The first kappa shape index (κ1) is 14.0. The maximum atomic E-state index is 12.4. The number of fused-ring (bicyclic) bond motifs is 3. The molecule has 5 heteroatoms. The summed E-state index contributed by atoms with van der Waals surface area (Å²) in [6.07, 6.45) is 0. The molecule has 2 aromatic heterocycles. The Balaban J connectivity index is 2.26. The lowest BCUT2D eigenvalue weighted by Gasteiger charge is -2.08. The highest BCUT2D eigenvalue weighted by atomic mass is 35.5. The molecular formula is C18H13ClN2O2. The zero-order valence-corrected chi connectivity index (χ0v) is 13.4. The van der Waals surface area contributed by atoms with Crippen molar-refractivity contribution in [2.75, 3.05) is 0 Å². The van der Waals surface area contributed by atoms with Gasteiger partial charge in [-0.05, 0) is 43.7 Å². The molecule has 4 aromatic rings. The van der Waals surface area contributed by atoms with Gasteiger partial charge in [-0.3, -0.25) is 0 Å². The number of benzene rings is 2. The minimum absolute atomic E-state index is 0.382. The van der Waals surface area contributed by atoms with Gasteiger partial charge in [-0.25, -0.2) is 9.48 Å². The molecule has 0 atom stereocenters. The van der Waals surface area contributed by atoms with Crippen molar-refractivity contribution in [3.05, 3.63) is 69.2 Å². The van der Waals surface area contributed by atoms with Crippen LogP contribution in [0.5, 0.6) is 0 Å². The first-order valence-corrected chi connectivity index (χ1v) is 7.62. The summed E-state index contributed by atoms with van der Waals surface area (Å²) in [5.41, 5.74) is 3.48. The highest BCUT2D eigenvalue weighted by molar-refractivity contribution is 6.31. The van der Waals surface area contributed by atoms with Crippen LogP contribution >= 0.6 is 11.6 Å². The zero-order chi connectivity index (χ0) is 16.1. The van der Waals surface area contributed by atoms with Crippen molar-refractivity contribution in [1.82, 2.24) is 9.78 Å². The van der Waals surface area contributed by atoms with Crippen LogP contribution in [0.15, 0.2) is 51.7 Å². The minimum atomic E-state index is -0.382. The van der Waals surface area contributed by atoms with Crippen molar-refractivity contribution in [2.24, 2.45) is 0 Å². The SMILES string of the molecule is Cc1ccccc1-n1nc(C)c2c(=O)oc3ccc(Cl)cc3c21. The van der Waals surface area contributed by atoms with Gasteiger partial charge in [0.1, 0.15) is 11.0 Å². The standard InChI is InChI=1S/C18H13ClN2O2/c1-10-5-3-4-6-14(10)21-17-13-9-12(19)7-8-15(13)23-18(22)16(17)11(2)20-21/h3-9H,1-2H3. The third-order valence-electron chi connectivity index (χ3n) is 4.01. The van der Waals surface area contributed by atoms with Crippen molar-refractivity contribution in [3.8, 4) is 5.69 Å². The Labute approximate surface area is 136 Å². The second kappa shape index (κ2) is 4.96. The van der Waals surface area contributed by atoms with E-state index in [0.717, 1.165) is 22.2 Å². The normalized spacial score (nSPS) is 11.4. The molecule has 0 amide bonds. The highest BCUT2D eigenvalue weighted by Gasteiger charge is 2.18. The van der Waals surface area contributed by atoms with Crippen LogP contribution in [0.1, 0.15) is 11.3 Å². The second-order valence-corrected chi connectivity index (χ2v) is 5.97. The van der Waals surface area contributed by atoms with Crippen molar-refractivity contribution < 1.29 is 4.42 Å². The van der Waals surface area contributed by atoms with Gasteiger partial charge in [0.2, 0.25) is 0 Å². The zero-order valence-electron chi connectivity index (χ0n) is 12.6. The van der Waals surface area contributed by atoms with E-state index < -0.39 is 0 Å². The van der Waals surface area contributed by atoms with E-state index in [1.807, 2.05) is 38.1 Å². The first-order valence-electron chi connectivity index (χ1n) is 7.24. The monoisotopic (exact) mass is 324 g/mol. The summed E-state index contributed by atoms with van der Waals surface area (Å²) in [7, 11) is 0. The molecule has 0 aliphatic carbocycles. The fourth-order valence-electron chi connectivity index (χ4n) is 2.92. The molecule has 0 fully saturated rings. The Bertz CT molecular complexity index is 1130. The number of aryl methyl sites for hydroxylation is 2. The number of hydrogen-bond acceptors (Lipinski definition) is 3. The molecule has 0 unspecified atom stereocenters. The largest absolute Gasteiger partial charge is 0.422 e. The maximum Gasteiger partial charge on any atom is 0.347 e. The number of nitrogens with zero attached hydrogens (tertiary/aromatic N) is 2. The number of para-hydroxylation sites is 1. The van der Waals surface area contributed by atoms with Gasteiger partial charge in [-0.15, -0.1) is 0 Å². The average molecular weight is 325 g/mol. The van der Waals surface area contributed by atoms with E-state index in [9.17, 15) is 4.79 Å². The van der Waals surface area contributed by atoms with Crippen molar-refractivity contribution in [1.29, 1.82) is 0 Å². The lowest BCUT2D eigenvalue weighted by Crippen LogP contribution is -2.02. The van der Waals surface area contributed by atoms with Gasteiger partial charge in [-0.2, -0.15) is 5.10 Å². The van der Waals surface area contributed by atoms with Gasteiger partial charge in [0, 0.05) is 10.4 Å². The summed E-state index contributed by atoms with van der Waals surface area (Å²) in [4.78, 5) is 12.4. The van der Waals surface area contributed by atoms with Crippen molar-refractivity contribution in [2.45, 2.75) is 13.8 Å². The molecule has 4 rings (SSSR count). The molecule has 2 heterocycles. The van der Waals surface area contributed by atoms with Gasteiger partial charge in [0.25, 0.3) is 0 Å². The predicted octanol–water partition coefficient (Wildman–Crippen LogP) is 4.40. The third kappa shape index (κ3) is 2.06. The summed E-state index contributed by atoms with van der Waals surface area (Å²) >= 11 is 6.15. The number of halogens is 1. The molecule has 0 radical (unpaired) electrons. The van der Waals surface area contributed by atoms with E-state index >= 15 is 0 Å². The van der Waals surface area contributed by atoms with E-state index in [2.05, 4.69) is 5.10 Å². The van der Waals surface area contributed by atoms with Gasteiger partial charge >= 0.3 is 5.63 Å². The maximum absolute atomic E-state index is 12.4. The number of rotatable bonds is 1. The van der Waals surface area contributed by atoms with Crippen LogP contribution in [0.25, 0.3) is 27.6 Å². The molecule has 0 saturated heterocycles. The predicted molar refractivity (Wildman–Crippen MR) is 91.6 cm³/mol. The molecule has 2 aromatic carbocycles. The van der Waals surface area contributed by atoms with Gasteiger partial charge < -0.3 is 4.42 Å². The van der Waals surface area contributed by atoms with Crippen LogP contribution in [0.2, 0.25) is 5.02 Å². The van der Waals surface area contributed by atoms with Crippen LogP contribution in [-0.4, -0.2) is 9.78 Å². The van der Waals surface area contributed by atoms with Gasteiger partial charge in [-0.1, -0.05) is 29.8 Å². The second-order valence-electron chi connectivity index (χ2n) is 5.54. The molecule has 0 spiro atoms. The first-order chi connectivity index (χ1) is 11.1. The minimum Gasteiger partial charge on any atom is -0.422 e. The third-order valence-corrected chi connectivity index (χ3v) is 4.24. The molecule has 0 saturated carbocycles. The lowest BCUT2D eigenvalue weighted by atomic mass is 10.1. The Morgan fingerprint density at radius 1 is 1.13 bits per heavy atom. The molecule has 4 nitrogen and oxygen atoms in total. The average Bonchev–Trinajstić information content (AvgIpc) is 2.87. The Morgan fingerprint density at radius 3 is 2.70 bits per heavy atom.